The van der Waals surface area contributed by atoms with Gasteiger partial charge < -0.3 is 15.0 Å². The van der Waals surface area contributed by atoms with Crippen molar-refractivity contribution in [3.05, 3.63) is 23.8 Å². The van der Waals surface area contributed by atoms with Gasteiger partial charge in [-0.25, -0.2) is 22.0 Å². The van der Waals surface area contributed by atoms with Crippen molar-refractivity contribution in [1.82, 2.24) is 4.90 Å². The van der Waals surface area contributed by atoms with Gasteiger partial charge in [-0.1, -0.05) is 0 Å². The van der Waals surface area contributed by atoms with Gasteiger partial charge in [0, 0.05) is 24.7 Å². The molecule has 2 bridgehead atoms. The second kappa shape index (κ2) is 5.08. The lowest BCUT2D eigenvalue weighted by molar-refractivity contribution is 0.209. The number of nitrogens with one attached hydrogen (secondary N) is 1. The van der Waals surface area contributed by atoms with Crippen molar-refractivity contribution in [2.75, 3.05) is 24.7 Å². The molecule has 22 heavy (non-hydrogen) atoms. The summed E-state index contributed by atoms with van der Waals surface area (Å²) in [7, 11) is -1.84. The van der Waals surface area contributed by atoms with Crippen molar-refractivity contribution in [3.63, 3.8) is 0 Å². The Morgan fingerprint density at radius 2 is 2.05 bits per heavy atom. The first-order chi connectivity index (χ1) is 10.3. The van der Waals surface area contributed by atoms with Crippen LogP contribution in [-0.2, 0) is 9.84 Å². The van der Waals surface area contributed by atoms with E-state index < -0.39 is 32.8 Å². The van der Waals surface area contributed by atoms with Crippen LogP contribution in [0.1, 0.15) is 6.42 Å². The number of likely N-dealkylation sites (tertiary alicyclic amines) is 1. The number of ether oxygens (including phenoxy) is 1. The van der Waals surface area contributed by atoms with E-state index in [4.69, 9.17) is 4.74 Å². The summed E-state index contributed by atoms with van der Waals surface area (Å²) in [6, 6.07) is 0.751. The number of hydrogen-bond donors (Lipinski definition) is 1. The Bertz CT molecular complexity index is 738. The zero-order valence-corrected chi connectivity index (χ0v) is 12.5. The molecule has 2 atom stereocenters. The lowest BCUT2D eigenvalue weighted by Crippen LogP contribution is -2.46. The largest absolute Gasteiger partial charge is 0.494 e. The summed E-state index contributed by atoms with van der Waals surface area (Å²) in [5.41, 5.74) is -0.00275. The van der Waals surface area contributed by atoms with Crippen molar-refractivity contribution in [3.8, 4) is 5.75 Å². The van der Waals surface area contributed by atoms with Gasteiger partial charge in [-0.05, 0) is 6.42 Å². The molecule has 9 heteroatoms. The lowest BCUT2D eigenvalue weighted by atomic mass is 10.2. The van der Waals surface area contributed by atoms with Gasteiger partial charge in [0.1, 0.15) is 5.75 Å². The van der Waals surface area contributed by atoms with E-state index >= 15 is 0 Å². The summed E-state index contributed by atoms with van der Waals surface area (Å²) in [6.45, 7) is 0.116. The Kier molecular flexibility index (Phi) is 3.47. The van der Waals surface area contributed by atoms with Crippen molar-refractivity contribution >= 4 is 21.6 Å². The summed E-state index contributed by atoms with van der Waals surface area (Å²) >= 11 is 0. The van der Waals surface area contributed by atoms with E-state index in [-0.39, 0.29) is 29.8 Å². The van der Waals surface area contributed by atoms with E-state index in [0.29, 0.717) is 6.42 Å². The standard InChI is InChI=1S/C13H14F2N2O4S/c1-21-12-4-10(15)9(14)3-11(12)16-13(18)17-5-8-2-7(17)6-22(8,19)20/h3-4,7-8H,2,5-6H2,1H3,(H,16,18). The molecule has 0 saturated carbocycles. The van der Waals surface area contributed by atoms with Crippen LogP contribution in [-0.4, -0.2) is 50.0 Å². The van der Waals surface area contributed by atoms with Crippen LogP contribution in [0.15, 0.2) is 12.1 Å². The Balaban J connectivity index is 1.78. The minimum absolute atomic E-state index is 0.00275. The normalized spacial score (nSPS) is 25.3. The summed E-state index contributed by atoms with van der Waals surface area (Å²) in [6.07, 6.45) is 0.421. The van der Waals surface area contributed by atoms with Crippen molar-refractivity contribution in [2.24, 2.45) is 0 Å². The number of methoxy groups -OCH3 is 1. The smallest absolute Gasteiger partial charge is 0.322 e. The number of benzene rings is 1. The summed E-state index contributed by atoms with van der Waals surface area (Å²) in [5, 5.41) is 1.91. The zero-order chi connectivity index (χ0) is 16.1. The molecule has 0 radical (unpaired) electrons. The molecule has 1 aromatic rings. The number of fused-ring (bicyclic) bond motifs is 2. The van der Waals surface area contributed by atoms with Gasteiger partial charge in [0.2, 0.25) is 0 Å². The zero-order valence-electron chi connectivity index (χ0n) is 11.7. The average molecular weight is 332 g/mol. The SMILES string of the molecule is COc1cc(F)c(F)cc1NC(=O)N1CC2CC1CS2(=O)=O. The third kappa shape index (κ3) is 2.39. The van der Waals surface area contributed by atoms with E-state index in [9.17, 15) is 22.0 Å². The predicted octanol–water partition coefficient (Wildman–Crippen LogP) is 1.38. The number of halogens is 2. The van der Waals surface area contributed by atoms with Crippen LogP contribution in [0.5, 0.6) is 5.75 Å². The fraction of sp³-hybridized carbons (Fsp3) is 0.462. The molecule has 6 nitrogen and oxygen atoms in total. The van der Waals surface area contributed by atoms with Crippen molar-refractivity contribution in [2.45, 2.75) is 17.7 Å². The maximum atomic E-state index is 13.3. The molecule has 0 spiro atoms. The number of sulfone groups is 1. The van der Waals surface area contributed by atoms with Crippen LogP contribution in [0.3, 0.4) is 0 Å². The number of hydrogen-bond acceptors (Lipinski definition) is 4. The minimum Gasteiger partial charge on any atom is -0.494 e. The van der Waals surface area contributed by atoms with Crippen LogP contribution < -0.4 is 10.1 Å². The molecule has 0 aromatic heterocycles. The lowest BCUT2D eigenvalue weighted by Gasteiger charge is -2.27. The first-order valence-corrected chi connectivity index (χ1v) is 8.35. The highest BCUT2D eigenvalue weighted by atomic mass is 32.2. The highest BCUT2D eigenvalue weighted by Crippen LogP contribution is 2.34. The van der Waals surface area contributed by atoms with Crippen molar-refractivity contribution in [1.29, 1.82) is 0 Å². The van der Waals surface area contributed by atoms with E-state index in [0.717, 1.165) is 12.1 Å². The molecule has 2 fully saturated rings. The van der Waals surface area contributed by atoms with Gasteiger partial charge in [-0.15, -0.1) is 0 Å². The number of amides is 2. The third-order valence-electron chi connectivity index (χ3n) is 4.05. The average Bonchev–Trinajstić information content (AvgIpc) is 2.98. The monoisotopic (exact) mass is 332 g/mol. The molecule has 2 amide bonds. The number of anilines is 1. The Hall–Kier alpha value is -1.90. The minimum atomic E-state index is -3.11. The van der Waals surface area contributed by atoms with Crippen LogP contribution in [0.25, 0.3) is 0 Å². The third-order valence-corrected chi connectivity index (χ3v) is 6.26. The second-order valence-corrected chi connectivity index (χ2v) is 7.72. The first kappa shape index (κ1) is 15.0. The number of carbonyl (C=O) groups is 1. The molecule has 2 aliphatic heterocycles. The molecule has 2 aliphatic rings. The molecule has 2 heterocycles. The van der Waals surface area contributed by atoms with Gasteiger partial charge >= 0.3 is 6.03 Å². The van der Waals surface area contributed by atoms with Gasteiger partial charge in [0.25, 0.3) is 0 Å². The molecule has 3 rings (SSSR count). The van der Waals surface area contributed by atoms with Crippen LogP contribution in [0.2, 0.25) is 0 Å². The molecule has 1 aromatic carbocycles. The van der Waals surface area contributed by atoms with Gasteiger partial charge in [-0.2, -0.15) is 0 Å². The fourth-order valence-corrected chi connectivity index (χ4v) is 4.95. The van der Waals surface area contributed by atoms with E-state index in [1.807, 2.05) is 0 Å². The number of carbonyl (C=O) groups excluding carboxylic acids is 1. The van der Waals surface area contributed by atoms with Gasteiger partial charge in [0.05, 0.1) is 23.8 Å². The van der Waals surface area contributed by atoms with E-state index in [1.165, 1.54) is 12.0 Å². The number of urea groups is 1. The summed E-state index contributed by atoms with van der Waals surface area (Å²) < 4.78 is 54.7. The topological polar surface area (TPSA) is 75.7 Å². The number of rotatable bonds is 2. The maximum Gasteiger partial charge on any atom is 0.322 e. The fourth-order valence-electron chi connectivity index (χ4n) is 2.93. The molecule has 1 N–H and O–H groups in total. The molecule has 2 saturated heterocycles. The van der Waals surface area contributed by atoms with Crippen LogP contribution >= 0.6 is 0 Å². The van der Waals surface area contributed by atoms with Gasteiger partial charge in [0.15, 0.2) is 21.5 Å². The summed E-state index contributed by atoms with van der Waals surface area (Å²) in [4.78, 5) is 13.6. The van der Waals surface area contributed by atoms with E-state index in [2.05, 4.69) is 5.32 Å². The van der Waals surface area contributed by atoms with Gasteiger partial charge in [-0.3, -0.25) is 0 Å². The molecular formula is C13H14F2N2O4S. The first-order valence-electron chi connectivity index (χ1n) is 6.64. The molecule has 120 valence electrons. The predicted molar refractivity (Wildman–Crippen MR) is 74.6 cm³/mol. The molecule has 2 unspecified atom stereocenters. The highest BCUT2D eigenvalue weighted by molar-refractivity contribution is 7.92. The Morgan fingerprint density at radius 1 is 1.36 bits per heavy atom. The van der Waals surface area contributed by atoms with Crippen LogP contribution in [0.4, 0.5) is 19.3 Å². The van der Waals surface area contributed by atoms with Crippen molar-refractivity contribution < 1.29 is 26.7 Å². The Morgan fingerprint density at radius 3 is 2.59 bits per heavy atom. The highest BCUT2D eigenvalue weighted by Gasteiger charge is 2.50. The van der Waals surface area contributed by atoms with Crippen LogP contribution in [0, 0.1) is 11.6 Å². The molecule has 0 aliphatic carbocycles. The summed E-state index contributed by atoms with van der Waals surface area (Å²) in [5.74, 6) is -2.26. The molecular weight excluding hydrogens is 318 g/mol. The second-order valence-electron chi connectivity index (χ2n) is 5.39. The van der Waals surface area contributed by atoms with E-state index in [1.54, 1.807) is 0 Å². The Labute approximate surface area is 126 Å². The quantitative estimate of drug-likeness (QED) is 0.888. The maximum absolute atomic E-state index is 13.3. The number of nitrogens with zero attached hydrogens (tertiary/aromatic N) is 1.